The number of hydrogen-bond acceptors (Lipinski definition) is 5. The van der Waals surface area contributed by atoms with Gasteiger partial charge in [0.1, 0.15) is 23.4 Å². The molecule has 0 bridgehead atoms. The molecule has 116 valence electrons. The Morgan fingerprint density at radius 2 is 2.05 bits per heavy atom. The van der Waals surface area contributed by atoms with E-state index in [9.17, 15) is 10.2 Å². The van der Waals surface area contributed by atoms with Gasteiger partial charge in [-0.15, -0.1) is 0 Å². The van der Waals surface area contributed by atoms with E-state index in [0.717, 1.165) is 25.9 Å². The molecule has 1 aromatic carbocycles. The van der Waals surface area contributed by atoms with Gasteiger partial charge in [0, 0.05) is 19.6 Å². The van der Waals surface area contributed by atoms with Crippen molar-refractivity contribution >= 4 is 17.2 Å². The van der Waals surface area contributed by atoms with Gasteiger partial charge in [0.25, 0.3) is 0 Å². The fraction of sp³-hybridized carbons (Fsp3) is 0.533. The largest absolute Gasteiger partial charge is 0.490 e. The van der Waals surface area contributed by atoms with Gasteiger partial charge in [0.15, 0.2) is 0 Å². The van der Waals surface area contributed by atoms with Gasteiger partial charge in [-0.1, -0.05) is 24.4 Å². The molecule has 2 rings (SSSR count). The lowest BCUT2D eigenvalue weighted by Crippen LogP contribution is -2.41. The first-order valence-electron chi connectivity index (χ1n) is 7.16. The zero-order chi connectivity index (χ0) is 15.2. The Bertz CT molecular complexity index is 476. The van der Waals surface area contributed by atoms with Crippen LogP contribution in [-0.2, 0) is 0 Å². The lowest BCUT2D eigenvalue weighted by Gasteiger charge is -2.30. The van der Waals surface area contributed by atoms with E-state index in [-0.39, 0.29) is 17.7 Å². The van der Waals surface area contributed by atoms with Crippen LogP contribution in [0.2, 0.25) is 0 Å². The number of benzene rings is 1. The van der Waals surface area contributed by atoms with Crippen molar-refractivity contribution in [3.63, 3.8) is 0 Å². The van der Waals surface area contributed by atoms with Crippen LogP contribution in [0.15, 0.2) is 24.3 Å². The van der Waals surface area contributed by atoms with Crippen molar-refractivity contribution in [3.8, 4) is 5.75 Å². The summed E-state index contributed by atoms with van der Waals surface area (Å²) < 4.78 is 5.63. The van der Waals surface area contributed by atoms with Crippen molar-refractivity contribution < 1.29 is 14.9 Å². The third-order valence-electron chi connectivity index (χ3n) is 3.61. The maximum atomic E-state index is 10.1. The number of rotatable bonds is 6. The predicted molar refractivity (Wildman–Crippen MR) is 85.5 cm³/mol. The normalized spacial score (nSPS) is 18.4. The number of aliphatic hydroxyl groups excluding tert-OH is 2. The molecule has 0 aliphatic carbocycles. The predicted octanol–water partition coefficient (Wildman–Crippen LogP) is 0.517. The molecule has 21 heavy (non-hydrogen) atoms. The standard InChI is InChI=1S/C15H22N2O3S/c16-15(21)13-3-1-2-4-14(13)20-10-12(19)9-17-7-5-11(18)6-8-17/h1-4,11-12,18-19H,5-10H2,(H2,16,21). The van der Waals surface area contributed by atoms with Crippen molar-refractivity contribution in [1.29, 1.82) is 0 Å². The first-order valence-corrected chi connectivity index (χ1v) is 7.57. The summed E-state index contributed by atoms with van der Waals surface area (Å²) in [6.07, 6.45) is 0.738. The number of para-hydroxylation sites is 1. The molecule has 0 spiro atoms. The van der Waals surface area contributed by atoms with Gasteiger partial charge >= 0.3 is 0 Å². The van der Waals surface area contributed by atoms with Crippen LogP contribution in [-0.4, -0.2) is 58.6 Å². The fourth-order valence-corrected chi connectivity index (χ4v) is 2.60. The number of aliphatic hydroxyl groups is 2. The SMILES string of the molecule is NC(=S)c1ccccc1OCC(O)CN1CCC(O)CC1. The first-order chi connectivity index (χ1) is 10.1. The van der Waals surface area contributed by atoms with Gasteiger partial charge in [-0.05, 0) is 25.0 Å². The van der Waals surface area contributed by atoms with E-state index in [4.69, 9.17) is 22.7 Å². The van der Waals surface area contributed by atoms with Gasteiger partial charge in [0.2, 0.25) is 0 Å². The van der Waals surface area contributed by atoms with Gasteiger partial charge in [0.05, 0.1) is 11.7 Å². The van der Waals surface area contributed by atoms with Crippen LogP contribution in [0.5, 0.6) is 5.75 Å². The molecule has 1 aliphatic heterocycles. The molecule has 4 N–H and O–H groups in total. The van der Waals surface area contributed by atoms with Crippen LogP contribution >= 0.6 is 12.2 Å². The Hall–Kier alpha value is -1.21. The number of β-amino-alcohol motifs (C(OH)–C–C–N with tert-alkyl or cyclic N) is 1. The topological polar surface area (TPSA) is 79.0 Å². The van der Waals surface area contributed by atoms with E-state index in [2.05, 4.69) is 4.90 Å². The molecular formula is C15H22N2O3S. The molecule has 0 aromatic heterocycles. The van der Waals surface area contributed by atoms with Gasteiger partial charge in [-0.3, -0.25) is 0 Å². The van der Waals surface area contributed by atoms with Gasteiger partial charge in [-0.2, -0.15) is 0 Å². The number of piperidine rings is 1. The molecule has 1 aliphatic rings. The maximum Gasteiger partial charge on any atom is 0.129 e. The summed E-state index contributed by atoms with van der Waals surface area (Å²) in [7, 11) is 0. The molecule has 1 atom stereocenters. The zero-order valence-electron chi connectivity index (χ0n) is 11.9. The third-order valence-corrected chi connectivity index (χ3v) is 3.83. The van der Waals surface area contributed by atoms with Gasteiger partial charge < -0.3 is 25.6 Å². The zero-order valence-corrected chi connectivity index (χ0v) is 12.8. The minimum absolute atomic E-state index is 0.193. The molecule has 0 amide bonds. The summed E-state index contributed by atoms with van der Waals surface area (Å²) in [5, 5.41) is 19.5. The summed E-state index contributed by atoms with van der Waals surface area (Å²) in [5.74, 6) is 0.595. The molecule has 1 aromatic rings. The van der Waals surface area contributed by atoms with Crippen molar-refractivity contribution in [1.82, 2.24) is 4.90 Å². The lowest BCUT2D eigenvalue weighted by atomic mass is 10.1. The average Bonchev–Trinajstić information content (AvgIpc) is 2.48. The third kappa shape index (κ3) is 4.93. The van der Waals surface area contributed by atoms with E-state index in [1.54, 1.807) is 12.1 Å². The fourth-order valence-electron chi connectivity index (χ4n) is 2.43. The molecular weight excluding hydrogens is 288 g/mol. The highest BCUT2D eigenvalue weighted by Crippen LogP contribution is 2.18. The number of likely N-dealkylation sites (tertiary alicyclic amines) is 1. The Morgan fingerprint density at radius 3 is 2.71 bits per heavy atom. The van der Waals surface area contributed by atoms with Crippen molar-refractivity contribution in [3.05, 3.63) is 29.8 Å². The summed E-state index contributed by atoms with van der Waals surface area (Å²) in [4.78, 5) is 2.42. The second-order valence-corrected chi connectivity index (χ2v) is 5.80. The second-order valence-electron chi connectivity index (χ2n) is 5.36. The van der Waals surface area contributed by atoms with Crippen LogP contribution in [0, 0.1) is 0 Å². The van der Waals surface area contributed by atoms with Crippen LogP contribution in [0.4, 0.5) is 0 Å². The number of hydrogen-bond donors (Lipinski definition) is 3. The van der Waals surface area contributed by atoms with E-state index < -0.39 is 6.10 Å². The summed E-state index contributed by atoms with van der Waals surface area (Å²) >= 11 is 4.97. The number of ether oxygens (including phenoxy) is 1. The molecule has 5 nitrogen and oxygen atoms in total. The van der Waals surface area contributed by atoms with E-state index in [1.807, 2.05) is 12.1 Å². The number of thiocarbonyl (C=S) groups is 1. The lowest BCUT2D eigenvalue weighted by molar-refractivity contribution is 0.0337. The van der Waals surface area contributed by atoms with Crippen molar-refractivity contribution in [2.75, 3.05) is 26.2 Å². The molecule has 0 saturated carbocycles. The summed E-state index contributed by atoms with van der Waals surface area (Å²) in [5.41, 5.74) is 6.32. The molecule has 1 heterocycles. The van der Waals surface area contributed by atoms with Crippen LogP contribution in [0.3, 0.4) is 0 Å². The Labute approximate surface area is 130 Å². The van der Waals surface area contributed by atoms with E-state index in [0.29, 0.717) is 17.9 Å². The average molecular weight is 310 g/mol. The second kappa shape index (κ2) is 7.70. The minimum Gasteiger partial charge on any atom is -0.490 e. The highest BCUT2D eigenvalue weighted by atomic mass is 32.1. The first kappa shape index (κ1) is 16.2. The Morgan fingerprint density at radius 1 is 1.38 bits per heavy atom. The smallest absolute Gasteiger partial charge is 0.129 e. The van der Waals surface area contributed by atoms with E-state index in [1.165, 1.54) is 0 Å². The molecule has 1 unspecified atom stereocenters. The van der Waals surface area contributed by atoms with Crippen LogP contribution < -0.4 is 10.5 Å². The molecule has 0 radical (unpaired) electrons. The van der Waals surface area contributed by atoms with Crippen molar-refractivity contribution in [2.45, 2.75) is 25.0 Å². The Balaban J connectivity index is 1.81. The highest BCUT2D eigenvalue weighted by Gasteiger charge is 2.19. The summed E-state index contributed by atoms with van der Waals surface area (Å²) in [6, 6.07) is 7.28. The Kier molecular flexibility index (Phi) is 5.93. The van der Waals surface area contributed by atoms with Gasteiger partial charge in [-0.25, -0.2) is 0 Å². The van der Waals surface area contributed by atoms with Crippen LogP contribution in [0.1, 0.15) is 18.4 Å². The maximum absolute atomic E-state index is 10.1. The monoisotopic (exact) mass is 310 g/mol. The molecule has 1 saturated heterocycles. The van der Waals surface area contributed by atoms with Crippen LogP contribution in [0.25, 0.3) is 0 Å². The molecule has 1 fully saturated rings. The quantitative estimate of drug-likeness (QED) is 0.665. The molecule has 6 heteroatoms. The summed E-state index contributed by atoms with van der Waals surface area (Å²) in [6.45, 7) is 2.35. The minimum atomic E-state index is -0.584. The highest BCUT2D eigenvalue weighted by molar-refractivity contribution is 7.80. The number of nitrogens with zero attached hydrogens (tertiary/aromatic N) is 1. The van der Waals surface area contributed by atoms with Crippen molar-refractivity contribution in [2.24, 2.45) is 5.73 Å². The van der Waals surface area contributed by atoms with E-state index >= 15 is 0 Å². The number of nitrogens with two attached hydrogens (primary N) is 1.